The van der Waals surface area contributed by atoms with Gasteiger partial charge in [0, 0.05) is 50.9 Å². The summed E-state index contributed by atoms with van der Waals surface area (Å²) in [6, 6.07) is 54.7. The van der Waals surface area contributed by atoms with Crippen LogP contribution in [0.2, 0.25) is 0 Å². The van der Waals surface area contributed by atoms with Gasteiger partial charge < -0.3 is 9.13 Å². The molecule has 0 spiro atoms. The second-order valence-electron chi connectivity index (χ2n) is 11.3. The first-order valence-electron chi connectivity index (χ1n) is 15.0. The number of rotatable bonds is 4. The van der Waals surface area contributed by atoms with E-state index < -0.39 is 0 Å². The third-order valence-corrected chi connectivity index (χ3v) is 8.81. The Bertz CT molecular complexity index is 2480. The van der Waals surface area contributed by atoms with Crippen LogP contribution in [0.3, 0.4) is 0 Å². The van der Waals surface area contributed by atoms with Gasteiger partial charge in [0.1, 0.15) is 0 Å². The molecule has 0 aliphatic rings. The van der Waals surface area contributed by atoms with Crippen molar-refractivity contribution in [3.63, 3.8) is 0 Å². The first-order valence-corrected chi connectivity index (χ1v) is 15.0. The van der Waals surface area contributed by atoms with Crippen molar-refractivity contribution >= 4 is 43.6 Å². The van der Waals surface area contributed by atoms with Gasteiger partial charge in [-0.25, -0.2) is 0 Å². The summed E-state index contributed by atoms with van der Waals surface area (Å²) in [5.41, 5.74) is 11.9. The highest BCUT2D eigenvalue weighted by molar-refractivity contribution is 6.15. The predicted molar refractivity (Wildman–Crippen MR) is 184 cm³/mol. The van der Waals surface area contributed by atoms with Gasteiger partial charge in [-0.15, -0.1) is 0 Å². The maximum atomic E-state index is 4.21. The van der Waals surface area contributed by atoms with E-state index in [1.807, 2.05) is 12.4 Å². The molecule has 0 saturated carbocycles. The van der Waals surface area contributed by atoms with Crippen molar-refractivity contribution in [1.29, 1.82) is 0 Å². The summed E-state index contributed by atoms with van der Waals surface area (Å²) in [5, 5.41) is 5.01. The number of hydrogen-bond donors (Lipinski definition) is 0. The molecule has 0 aliphatic heterocycles. The van der Waals surface area contributed by atoms with E-state index in [1.165, 1.54) is 60.3 Å². The summed E-state index contributed by atoms with van der Waals surface area (Å²) in [6.45, 7) is 0. The van der Waals surface area contributed by atoms with Gasteiger partial charge in [-0.3, -0.25) is 4.98 Å². The lowest BCUT2D eigenvalue weighted by Gasteiger charge is -2.13. The number of para-hydroxylation sites is 4. The van der Waals surface area contributed by atoms with Crippen LogP contribution in [-0.2, 0) is 0 Å². The standard InChI is InChI=1S/C41H27N3/c1-2-11-31(12-3-1)44-39-19-7-4-14-34(39)36-17-9-16-33(41(36)44)30-20-21-40-37(27-30)35-15-5-6-18-38(35)43(40)32-13-8-10-29(26-32)28-22-24-42-25-23-28/h1-27H. The van der Waals surface area contributed by atoms with Crippen LogP contribution < -0.4 is 0 Å². The SMILES string of the molecule is c1ccc(-n2c3ccccc3c3cccc(-c4ccc5c(c4)c4ccccc4n5-c4cccc(-c5ccncc5)c4)c32)cc1. The Balaban J connectivity index is 1.30. The third-order valence-electron chi connectivity index (χ3n) is 8.81. The van der Waals surface area contributed by atoms with E-state index in [1.54, 1.807) is 0 Å². The molecule has 0 bridgehead atoms. The maximum Gasteiger partial charge on any atom is 0.0619 e. The van der Waals surface area contributed by atoms with Crippen LogP contribution in [0.15, 0.2) is 164 Å². The minimum Gasteiger partial charge on any atom is -0.309 e. The van der Waals surface area contributed by atoms with Crippen LogP contribution in [0, 0.1) is 0 Å². The summed E-state index contributed by atoms with van der Waals surface area (Å²) < 4.78 is 4.80. The van der Waals surface area contributed by atoms with Crippen LogP contribution in [0.25, 0.3) is 77.2 Å². The zero-order valence-corrected chi connectivity index (χ0v) is 23.9. The molecule has 0 radical (unpaired) electrons. The average molecular weight is 562 g/mol. The Hall–Kier alpha value is -5.93. The number of aromatic nitrogens is 3. The Morgan fingerprint density at radius 2 is 1.00 bits per heavy atom. The van der Waals surface area contributed by atoms with Gasteiger partial charge in [0.25, 0.3) is 0 Å². The Kier molecular flexibility index (Phi) is 5.50. The van der Waals surface area contributed by atoms with Gasteiger partial charge in [-0.2, -0.15) is 0 Å². The molecule has 0 amide bonds. The Morgan fingerprint density at radius 1 is 0.364 bits per heavy atom. The van der Waals surface area contributed by atoms with Crippen LogP contribution in [-0.4, -0.2) is 14.1 Å². The lowest BCUT2D eigenvalue weighted by atomic mass is 10.00. The number of pyridine rings is 1. The van der Waals surface area contributed by atoms with E-state index >= 15 is 0 Å². The molecule has 3 heteroatoms. The number of fused-ring (bicyclic) bond motifs is 6. The first-order chi connectivity index (χ1) is 21.8. The fourth-order valence-corrected chi connectivity index (χ4v) is 6.88. The molecule has 3 nitrogen and oxygen atoms in total. The van der Waals surface area contributed by atoms with Gasteiger partial charge in [0.2, 0.25) is 0 Å². The highest BCUT2D eigenvalue weighted by Gasteiger charge is 2.18. The topological polar surface area (TPSA) is 22.8 Å². The fraction of sp³-hybridized carbons (Fsp3) is 0. The molecule has 0 fully saturated rings. The van der Waals surface area contributed by atoms with Gasteiger partial charge in [-0.1, -0.05) is 91.0 Å². The monoisotopic (exact) mass is 561 g/mol. The molecule has 9 aromatic rings. The minimum atomic E-state index is 1.14. The van der Waals surface area contributed by atoms with E-state index in [4.69, 9.17) is 0 Å². The van der Waals surface area contributed by atoms with Gasteiger partial charge in [0.05, 0.1) is 22.1 Å². The highest BCUT2D eigenvalue weighted by Crippen LogP contribution is 2.40. The summed E-state index contributed by atoms with van der Waals surface area (Å²) >= 11 is 0. The van der Waals surface area contributed by atoms with E-state index in [0.29, 0.717) is 0 Å². The predicted octanol–water partition coefficient (Wildman–Crippen LogP) is 10.6. The fourth-order valence-electron chi connectivity index (χ4n) is 6.88. The van der Waals surface area contributed by atoms with Gasteiger partial charge in [0.15, 0.2) is 0 Å². The molecule has 0 aliphatic carbocycles. The summed E-state index contributed by atoms with van der Waals surface area (Å²) in [5.74, 6) is 0. The highest BCUT2D eigenvalue weighted by atomic mass is 15.0. The molecular formula is C41H27N3. The molecule has 0 saturated heterocycles. The van der Waals surface area contributed by atoms with Gasteiger partial charge in [-0.05, 0) is 77.4 Å². The van der Waals surface area contributed by atoms with Crippen molar-refractivity contribution in [1.82, 2.24) is 14.1 Å². The van der Waals surface area contributed by atoms with Crippen molar-refractivity contribution in [2.24, 2.45) is 0 Å². The van der Waals surface area contributed by atoms with E-state index in [-0.39, 0.29) is 0 Å². The molecule has 3 aromatic heterocycles. The molecule has 6 aromatic carbocycles. The number of nitrogens with zero attached hydrogens (tertiary/aromatic N) is 3. The summed E-state index contributed by atoms with van der Waals surface area (Å²) in [4.78, 5) is 4.21. The Morgan fingerprint density at radius 3 is 1.82 bits per heavy atom. The third kappa shape index (κ3) is 3.73. The zero-order valence-electron chi connectivity index (χ0n) is 23.9. The largest absolute Gasteiger partial charge is 0.309 e. The van der Waals surface area contributed by atoms with Crippen LogP contribution in [0.5, 0.6) is 0 Å². The molecule has 44 heavy (non-hydrogen) atoms. The van der Waals surface area contributed by atoms with Crippen molar-refractivity contribution in [2.75, 3.05) is 0 Å². The molecule has 0 N–H and O–H groups in total. The number of benzene rings is 6. The van der Waals surface area contributed by atoms with Crippen molar-refractivity contribution < 1.29 is 0 Å². The second-order valence-corrected chi connectivity index (χ2v) is 11.3. The van der Waals surface area contributed by atoms with E-state index in [0.717, 1.165) is 16.9 Å². The maximum absolute atomic E-state index is 4.21. The number of hydrogen-bond acceptors (Lipinski definition) is 1. The smallest absolute Gasteiger partial charge is 0.0619 e. The molecule has 0 atom stereocenters. The Labute approximate surface area is 254 Å². The lowest BCUT2D eigenvalue weighted by molar-refractivity contribution is 1.18. The van der Waals surface area contributed by atoms with E-state index in [2.05, 4.69) is 166 Å². The van der Waals surface area contributed by atoms with Crippen molar-refractivity contribution in [3.8, 4) is 33.6 Å². The average Bonchev–Trinajstić information content (AvgIpc) is 3.62. The van der Waals surface area contributed by atoms with Crippen LogP contribution >= 0.6 is 0 Å². The first kappa shape index (κ1) is 24.6. The molecule has 9 rings (SSSR count). The molecular weight excluding hydrogens is 534 g/mol. The normalized spacial score (nSPS) is 11.6. The van der Waals surface area contributed by atoms with E-state index in [9.17, 15) is 0 Å². The lowest BCUT2D eigenvalue weighted by Crippen LogP contribution is -1.95. The summed E-state index contributed by atoms with van der Waals surface area (Å²) in [7, 11) is 0. The van der Waals surface area contributed by atoms with Crippen molar-refractivity contribution in [2.45, 2.75) is 0 Å². The van der Waals surface area contributed by atoms with Gasteiger partial charge >= 0.3 is 0 Å². The molecule has 0 unspecified atom stereocenters. The van der Waals surface area contributed by atoms with Crippen molar-refractivity contribution in [3.05, 3.63) is 164 Å². The minimum absolute atomic E-state index is 1.14. The quantitative estimate of drug-likeness (QED) is 0.210. The second kappa shape index (κ2) is 9.82. The molecule has 3 heterocycles. The molecule has 206 valence electrons. The van der Waals surface area contributed by atoms with Crippen LogP contribution in [0.4, 0.5) is 0 Å². The summed E-state index contributed by atoms with van der Waals surface area (Å²) in [6.07, 6.45) is 3.70. The zero-order chi connectivity index (χ0) is 29.0. The van der Waals surface area contributed by atoms with Crippen LogP contribution in [0.1, 0.15) is 0 Å².